The van der Waals surface area contributed by atoms with E-state index in [0.29, 0.717) is 0 Å². The van der Waals surface area contributed by atoms with Crippen LogP contribution in [-0.4, -0.2) is 64.3 Å². The van der Waals surface area contributed by atoms with E-state index >= 15 is 0 Å². The molecule has 7 unspecified atom stereocenters. The monoisotopic (exact) mass is 472 g/mol. The fourth-order valence-corrected chi connectivity index (χ4v) is 4.44. The van der Waals surface area contributed by atoms with Gasteiger partial charge in [0.05, 0.1) is 13.2 Å². The Hall–Kier alpha value is -0.500. The Bertz CT molecular complexity index is 547. The minimum absolute atomic E-state index is 0.277. The van der Waals surface area contributed by atoms with Gasteiger partial charge in [-0.05, 0) is 50.0 Å². The molecule has 196 valence electrons. The normalized spacial score (nSPS) is 28.6. The van der Waals surface area contributed by atoms with E-state index in [1.165, 1.54) is 50.5 Å². The largest absolute Gasteiger partial charge is 0.394 e. The van der Waals surface area contributed by atoms with Crippen molar-refractivity contribution >= 4 is 0 Å². The number of aliphatic hydroxyl groups excluding tert-OH is 4. The molecule has 7 atom stereocenters. The van der Waals surface area contributed by atoms with Gasteiger partial charge >= 0.3 is 0 Å². The lowest BCUT2D eigenvalue weighted by atomic mass is 9.91. The van der Waals surface area contributed by atoms with E-state index in [1.807, 2.05) is 6.92 Å². The lowest BCUT2D eigenvalue weighted by Gasteiger charge is -2.39. The standard InChI is InChI=1S/C27H52O6/c1-18(2)10-7-11-19(3)12-8-13-20(4)14-9-15-21(5)22(6)17-32-27-26(31)25(30)24(29)23(16-28)33-27/h18-20,23-31H,7-17H2,1-6H3/b22-21+. The fourth-order valence-electron chi connectivity index (χ4n) is 4.44. The molecule has 0 spiro atoms. The van der Waals surface area contributed by atoms with Crippen LogP contribution in [0.3, 0.4) is 0 Å². The van der Waals surface area contributed by atoms with Gasteiger partial charge in [-0.3, -0.25) is 0 Å². The van der Waals surface area contributed by atoms with Crippen molar-refractivity contribution in [1.29, 1.82) is 0 Å². The van der Waals surface area contributed by atoms with E-state index in [4.69, 9.17) is 9.47 Å². The quantitative estimate of drug-likeness (QED) is 0.245. The second-order valence-corrected chi connectivity index (χ2v) is 10.9. The van der Waals surface area contributed by atoms with Crippen molar-refractivity contribution in [3.8, 4) is 0 Å². The molecule has 1 aliphatic heterocycles. The van der Waals surface area contributed by atoms with Crippen LogP contribution in [0, 0.1) is 17.8 Å². The lowest BCUT2D eigenvalue weighted by Crippen LogP contribution is -2.59. The highest BCUT2D eigenvalue weighted by Crippen LogP contribution is 2.24. The van der Waals surface area contributed by atoms with Gasteiger partial charge < -0.3 is 29.9 Å². The fraction of sp³-hybridized carbons (Fsp3) is 0.926. The van der Waals surface area contributed by atoms with Crippen LogP contribution in [0.1, 0.15) is 99.3 Å². The van der Waals surface area contributed by atoms with E-state index in [1.54, 1.807) is 0 Å². The highest BCUT2D eigenvalue weighted by atomic mass is 16.7. The zero-order valence-corrected chi connectivity index (χ0v) is 22.0. The SMILES string of the molecule is C/C(CCCC(C)CCCC(C)CCCC(C)C)=C(/C)COC1OC(CO)C(O)C(O)C1O. The highest BCUT2D eigenvalue weighted by molar-refractivity contribution is 5.10. The molecule has 1 aliphatic rings. The van der Waals surface area contributed by atoms with Crippen molar-refractivity contribution in [1.82, 2.24) is 0 Å². The van der Waals surface area contributed by atoms with Gasteiger partial charge in [0.2, 0.25) is 0 Å². The maximum atomic E-state index is 10.1. The predicted molar refractivity (Wildman–Crippen MR) is 133 cm³/mol. The summed E-state index contributed by atoms with van der Waals surface area (Å²) in [6.45, 7) is 13.3. The maximum absolute atomic E-state index is 10.1. The van der Waals surface area contributed by atoms with Gasteiger partial charge in [0.1, 0.15) is 24.4 Å². The Balaban J connectivity index is 2.26. The van der Waals surface area contributed by atoms with Gasteiger partial charge in [-0.15, -0.1) is 0 Å². The molecule has 1 fully saturated rings. The van der Waals surface area contributed by atoms with E-state index in [-0.39, 0.29) is 6.61 Å². The van der Waals surface area contributed by atoms with Crippen LogP contribution in [0.4, 0.5) is 0 Å². The van der Waals surface area contributed by atoms with Crippen LogP contribution >= 0.6 is 0 Å². The summed E-state index contributed by atoms with van der Waals surface area (Å²) in [7, 11) is 0. The third-order valence-electron chi connectivity index (χ3n) is 7.16. The summed E-state index contributed by atoms with van der Waals surface area (Å²) in [5.74, 6) is 2.40. The van der Waals surface area contributed by atoms with E-state index in [9.17, 15) is 20.4 Å². The molecule has 0 aliphatic carbocycles. The first-order valence-corrected chi connectivity index (χ1v) is 13.1. The van der Waals surface area contributed by atoms with Crippen molar-refractivity contribution in [2.24, 2.45) is 17.8 Å². The van der Waals surface area contributed by atoms with Gasteiger partial charge in [0.15, 0.2) is 6.29 Å². The molecular formula is C27H52O6. The topological polar surface area (TPSA) is 99.4 Å². The minimum atomic E-state index is -1.41. The van der Waals surface area contributed by atoms with E-state index < -0.39 is 37.3 Å². The van der Waals surface area contributed by atoms with Crippen LogP contribution in [0.5, 0.6) is 0 Å². The molecule has 33 heavy (non-hydrogen) atoms. The summed E-state index contributed by atoms with van der Waals surface area (Å²) in [6.07, 6.45) is 5.29. The summed E-state index contributed by atoms with van der Waals surface area (Å²) < 4.78 is 11.1. The number of hydrogen-bond donors (Lipinski definition) is 4. The van der Waals surface area contributed by atoms with Gasteiger partial charge in [0.25, 0.3) is 0 Å². The van der Waals surface area contributed by atoms with Crippen molar-refractivity contribution < 1.29 is 29.9 Å². The number of ether oxygens (including phenoxy) is 2. The first-order chi connectivity index (χ1) is 15.6. The number of aliphatic hydroxyl groups is 4. The molecule has 0 radical (unpaired) electrons. The highest BCUT2D eigenvalue weighted by Gasteiger charge is 2.43. The van der Waals surface area contributed by atoms with Crippen molar-refractivity contribution in [2.75, 3.05) is 13.2 Å². The first kappa shape index (κ1) is 30.5. The molecule has 0 amide bonds. The molecule has 0 saturated carbocycles. The third kappa shape index (κ3) is 11.7. The molecule has 6 nitrogen and oxygen atoms in total. The number of allylic oxidation sites excluding steroid dienone is 1. The van der Waals surface area contributed by atoms with Crippen LogP contribution in [0.15, 0.2) is 11.1 Å². The summed E-state index contributed by atoms with van der Waals surface area (Å²) in [6, 6.07) is 0. The summed E-state index contributed by atoms with van der Waals surface area (Å²) in [5, 5.41) is 39.1. The molecule has 0 bridgehead atoms. The summed E-state index contributed by atoms with van der Waals surface area (Å²) >= 11 is 0. The van der Waals surface area contributed by atoms with Crippen LogP contribution in [0.2, 0.25) is 0 Å². The average Bonchev–Trinajstić information content (AvgIpc) is 2.76. The van der Waals surface area contributed by atoms with Crippen LogP contribution in [-0.2, 0) is 9.47 Å². The molecular weight excluding hydrogens is 420 g/mol. The molecule has 6 heteroatoms. The lowest BCUT2D eigenvalue weighted by molar-refractivity contribution is -0.299. The van der Waals surface area contributed by atoms with Crippen LogP contribution < -0.4 is 0 Å². The number of rotatable bonds is 16. The Labute approximate surface area is 202 Å². The van der Waals surface area contributed by atoms with Crippen molar-refractivity contribution in [3.63, 3.8) is 0 Å². The minimum Gasteiger partial charge on any atom is -0.394 e. The molecule has 1 heterocycles. The van der Waals surface area contributed by atoms with Gasteiger partial charge in [0, 0.05) is 0 Å². The molecule has 0 aromatic rings. The first-order valence-electron chi connectivity index (χ1n) is 13.1. The second kappa shape index (κ2) is 16.2. The van der Waals surface area contributed by atoms with Gasteiger partial charge in [-0.2, -0.15) is 0 Å². The molecule has 0 aromatic carbocycles. The molecule has 0 aromatic heterocycles. The Morgan fingerprint density at radius 2 is 1.30 bits per heavy atom. The van der Waals surface area contributed by atoms with Crippen LogP contribution in [0.25, 0.3) is 0 Å². The number of hydrogen-bond acceptors (Lipinski definition) is 6. The van der Waals surface area contributed by atoms with E-state index in [0.717, 1.165) is 36.2 Å². The van der Waals surface area contributed by atoms with E-state index in [2.05, 4.69) is 34.6 Å². The molecule has 1 saturated heterocycles. The maximum Gasteiger partial charge on any atom is 0.187 e. The van der Waals surface area contributed by atoms with Gasteiger partial charge in [-0.1, -0.05) is 78.2 Å². The Morgan fingerprint density at radius 1 is 0.758 bits per heavy atom. The van der Waals surface area contributed by atoms with Crippen molar-refractivity contribution in [2.45, 2.75) is 130 Å². The predicted octanol–water partition coefficient (Wildman–Crippen LogP) is 4.58. The zero-order chi connectivity index (χ0) is 25.0. The Morgan fingerprint density at radius 3 is 1.85 bits per heavy atom. The molecule has 1 rings (SSSR count). The van der Waals surface area contributed by atoms with Gasteiger partial charge in [-0.25, -0.2) is 0 Å². The second-order valence-electron chi connectivity index (χ2n) is 10.9. The average molecular weight is 473 g/mol. The Kier molecular flexibility index (Phi) is 15.0. The summed E-state index contributed by atoms with van der Waals surface area (Å²) in [5.41, 5.74) is 2.35. The smallest absolute Gasteiger partial charge is 0.187 e. The molecule has 4 N–H and O–H groups in total. The zero-order valence-electron chi connectivity index (χ0n) is 22.0. The third-order valence-corrected chi connectivity index (χ3v) is 7.16. The summed E-state index contributed by atoms with van der Waals surface area (Å²) in [4.78, 5) is 0. The van der Waals surface area contributed by atoms with Crippen molar-refractivity contribution in [3.05, 3.63) is 11.1 Å².